The van der Waals surface area contributed by atoms with E-state index in [4.69, 9.17) is 0 Å². The fraction of sp³-hybridized carbons (Fsp3) is 0.276. The summed E-state index contributed by atoms with van der Waals surface area (Å²) in [5, 5.41) is 7.97. The van der Waals surface area contributed by atoms with E-state index in [9.17, 15) is 14.4 Å². The highest BCUT2D eigenvalue weighted by Crippen LogP contribution is 2.45. The second kappa shape index (κ2) is 9.64. The van der Waals surface area contributed by atoms with E-state index in [1.807, 2.05) is 32.0 Å². The van der Waals surface area contributed by atoms with Crippen molar-refractivity contribution in [2.75, 3.05) is 5.32 Å². The number of fused-ring (bicyclic) bond motifs is 2. The second-order valence-corrected chi connectivity index (χ2v) is 11.1. The van der Waals surface area contributed by atoms with Crippen LogP contribution in [0.1, 0.15) is 36.6 Å². The molecule has 1 aliphatic carbocycles. The molecule has 1 aliphatic heterocycles. The molecule has 2 aliphatic rings. The van der Waals surface area contributed by atoms with Crippen molar-refractivity contribution in [3.05, 3.63) is 64.9 Å². The maximum Gasteiger partial charge on any atom is 0.248 e. The number of carbonyl (C=O) groups excluding carboxylic acids is 3. The molecular weight excluding hydrogens is 574 g/mol. The van der Waals surface area contributed by atoms with E-state index in [0.717, 1.165) is 11.1 Å². The van der Waals surface area contributed by atoms with Gasteiger partial charge in [0.1, 0.15) is 40.6 Å². The van der Waals surface area contributed by atoms with Crippen LogP contribution in [0.15, 0.2) is 53.4 Å². The van der Waals surface area contributed by atoms with E-state index in [1.54, 1.807) is 35.5 Å². The van der Waals surface area contributed by atoms with Gasteiger partial charge in [0.05, 0.1) is 10.9 Å². The Morgan fingerprint density at radius 1 is 1.15 bits per heavy atom. The Balaban J connectivity index is 1.31. The maximum absolute atomic E-state index is 13.8. The first kappa shape index (κ1) is 25.8. The lowest BCUT2D eigenvalue weighted by Crippen LogP contribution is -2.50. The molecular formula is C29H24BrN7O3. The van der Waals surface area contributed by atoms with Crippen LogP contribution in [0.4, 0.5) is 5.82 Å². The molecule has 0 saturated carbocycles. The highest BCUT2D eigenvalue weighted by molar-refractivity contribution is 9.10. The molecule has 6 rings (SSSR count). The first-order chi connectivity index (χ1) is 19.1. The molecule has 0 radical (unpaired) electrons. The second-order valence-electron chi connectivity index (χ2n) is 10.3. The molecule has 2 amide bonds. The van der Waals surface area contributed by atoms with Crippen molar-refractivity contribution >= 4 is 50.2 Å². The fourth-order valence-electron chi connectivity index (χ4n) is 5.32. The topological polar surface area (TPSA) is 123 Å². The van der Waals surface area contributed by atoms with Crippen molar-refractivity contribution < 1.29 is 14.4 Å². The van der Waals surface area contributed by atoms with Crippen LogP contribution in [-0.2, 0) is 16.1 Å². The van der Waals surface area contributed by atoms with E-state index in [-0.39, 0.29) is 35.9 Å². The third kappa shape index (κ3) is 4.44. The summed E-state index contributed by atoms with van der Waals surface area (Å²) in [5.74, 6) is 6.40. The molecule has 4 heterocycles. The number of hydrogen-bond acceptors (Lipinski definition) is 7. The van der Waals surface area contributed by atoms with Gasteiger partial charge in [-0.25, -0.2) is 15.0 Å². The van der Waals surface area contributed by atoms with Crippen LogP contribution >= 0.6 is 15.9 Å². The van der Waals surface area contributed by atoms with Gasteiger partial charge < -0.3 is 10.2 Å². The molecule has 0 unspecified atom stereocenters. The molecule has 1 saturated heterocycles. The molecule has 3 atom stereocenters. The normalized spacial score (nSPS) is 20.9. The van der Waals surface area contributed by atoms with Gasteiger partial charge >= 0.3 is 0 Å². The number of halogens is 1. The number of aryl methyl sites for hydroxylation is 1. The number of hydrogen-bond donors (Lipinski definition) is 1. The largest absolute Gasteiger partial charge is 0.314 e. The number of nitrogens with zero attached hydrogens (tertiary/aromatic N) is 6. The Labute approximate surface area is 238 Å². The smallest absolute Gasteiger partial charge is 0.248 e. The van der Waals surface area contributed by atoms with Gasteiger partial charge in [-0.05, 0) is 66.0 Å². The molecule has 200 valence electrons. The minimum Gasteiger partial charge on any atom is -0.314 e. The molecule has 1 fully saturated rings. The van der Waals surface area contributed by atoms with E-state index >= 15 is 0 Å². The van der Waals surface area contributed by atoms with Crippen LogP contribution in [-0.4, -0.2) is 59.3 Å². The summed E-state index contributed by atoms with van der Waals surface area (Å²) in [4.78, 5) is 54.0. The third-order valence-electron chi connectivity index (χ3n) is 7.37. The number of carbonyl (C=O) groups is 3. The summed E-state index contributed by atoms with van der Waals surface area (Å²) >= 11 is 3.31. The summed E-state index contributed by atoms with van der Waals surface area (Å²) in [6.45, 7) is 5.07. The van der Waals surface area contributed by atoms with Gasteiger partial charge in [-0.3, -0.25) is 19.1 Å². The minimum absolute atomic E-state index is 0.149. The molecule has 11 heteroatoms. The number of rotatable bonds is 6. The lowest BCUT2D eigenvalue weighted by atomic mass is 9.76. The van der Waals surface area contributed by atoms with Gasteiger partial charge in [0, 0.05) is 30.3 Å². The molecule has 0 spiro atoms. The number of Topliss-reactive ketones (excluding diaryl/α,β-unsaturated/α-hetero) is 1. The number of amides is 2. The first-order valence-corrected chi connectivity index (χ1v) is 13.5. The lowest BCUT2D eigenvalue weighted by Gasteiger charge is -2.34. The molecule has 1 N–H and O–H groups in total. The van der Waals surface area contributed by atoms with Crippen LogP contribution in [0.25, 0.3) is 22.0 Å². The van der Waals surface area contributed by atoms with Crippen LogP contribution in [0.2, 0.25) is 0 Å². The zero-order valence-corrected chi connectivity index (χ0v) is 23.6. The summed E-state index contributed by atoms with van der Waals surface area (Å²) < 4.78 is 2.11. The fourth-order valence-corrected chi connectivity index (χ4v) is 5.66. The highest BCUT2D eigenvalue weighted by Gasteiger charge is 2.55. The zero-order valence-electron chi connectivity index (χ0n) is 22.0. The number of nitrogens with one attached hydrogen (secondary N) is 1. The number of likely N-dealkylation sites (tertiary alicyclic amines) is 1. The van der Waals surface area contributed by atoms with E-state index in [0.29, 0.717) is 33.6 Å². The van der Waals surface area contributed by atoms with E-state index < -0.39 is 11.5 Å². The zero-order chi connectivity index (χ0) is 28.2. The monoisotopic (exact) mass is 597 g/mol. The van der Waals surface area contributed by atoms with E-state index in [1.165, 1.54) is 11.6 Å². The van der Waals surface area contributed by atoms with Gasteiger partial charge in [0.25, 0.3) is 0 Å². The van der Waals surface area contributed by atoms with Crippen molar-refractivity contribution in [2.24, 2.45) is 5.41 Å². The number of pyridine rings is 1. The van der Waals surface area contributed by atoms with Gasteiger partial charge in [-0.1, -0.05) is 24.0 Å². The third-order valence-corrected chi connectivity index (χ3v) is 7.81. The number of benzene rings is 1. The minimum atomic E-state index is -0.743. The van der Waals surface area contributed by atoms with Crippen molar-refractivity contribution in [1.82, 2.24) is 29.6 Å². The number of aromatic nitrogens is 5. The van der Waals surface area contributed by atoms with Crippen LogP contribution in [0.3, 0.4) is 0 Å². The summed E-state index contributed by atoms with van der Waals surface area (Å²) in [5.41, 5.74) is 2.07. The van der Waals surface area contributed by atoms with E-state index in [2.05, 4.69) is 53.1 Å². The Kier molecular flexibility index (Phi) is 6.22. The summed E-state index contributed by atoms with van der Waals surface area (Å²) in [6, 6.07) is 9.67. The average molecular weight is 598 g/mol. The van der Waals surface area contributed by atoms with Crippen LogP contribution < -0.4 is 5.32 Å². The Bertz CT molecular complexity index is 1770. The predicted octanol–water partition coefficient (Wildman–Crippen LogP) is 3.79. The Morgan fingerprint density at radius 3 is 2.60 bits per heavy atom. The molecule has 40 heavy (non-hydrogen) atoms. The van der Waals surface area contributed by atoms with Crippen molar-refractivity contribution in [2.45, 2.75) is 45.8 Å². The van der Waals surface area contributed by atoms with Crippen LogP contribution in [0.5, 0.6) is 0 Å². The lowest BCUT2D eigenvalue weighted by molar-refractivity contribution is -0.138. The summed E-state index contributed by atoms with van der Waals surface area (Å²) in [7, 11) is 0. The first-order valence-electron chi connectivity index (χ1n) is 12.7. The summed E-state index contributed by atoms with van der Waals surface area (Å²) in [6.07, 6.45) is 3.87. The van der Waals surface area contributed by atoms with Crippen molar-refractivity contribution in [3.8, 4) is 23.0 Å². The van der Waals surface area contributed by atoms with Crippen molar-refractivity contribution in [1.29, 1.82) is 0 Å². The van der Waals surface area contributed by atoms with Gasteiger partial charge in [0.15, 0.2) is 5.78 Å². The van der Waals surface area contributed by atoms with Gasteiger partial charge in [0.2, 0.25) is 11.8 Å². The number of ketones is 1. The SMILES string of the molecule is CC(=O)c1nn(CC(=O)N2[C@H](C(=O)Nc3cccc(Br)n3)C[C@@]3(C)C#C[C@@H]23)c2ccc(-c3cnc(C)nc3)cc12. The molecule has 3 aromatic heterocycles. The standard InChI is InChI=1S/C29H24BrN7O3/c1-16(38)27-20-11-18(19-13-31-17(2)32-14-19)7-8-21(20)36(35-27)15-26(39)37-22(12-29(3)10-9-23(29)37)28(40)34-25-6-4-5-24(30)33-25/h4-8,11,13-14,22-23H,12,15H2,1-3H3,(H,33,34,40)/t22-,23+,29+/m0/s1. The highest BCUT2D eigenvalue weighted by atomic mass is 79.9. The quantitative estimate of drug-likeness (QED) is 0.204. The molecule has 10 nitrogen and oxygen atoms in total. The van der Waals surface area contributed by atoms with Crippen LogP contribution in [0, 0.1) is 24.2 Å². The molecule has 4 aromatic rings. The Hall–Kier alpha value is -4.43. The average Bonchev–Trinajstić information content (AvgIpc) is 3.37. The maximum atomic E-state index is 13.8. The predicted molar refractivity (Wildman–Crippen MR) is 151 cm³/mol. The van der Waals surface area contributed by atoms with Crippen molar-refractivity contribution in [3.63, 3.8) is 0 Å². The number of anilines is 1. The molecule has 0 bridgehead atoms. The Morgan fingerprint density at radius 2 is 1.93 bits per heavy atom. The van der Waals surface area contributed by atoms with Gasteiger partial charge in [-0.2, -0.15) is 5.10 Å². The van der Waals surface area contributed by atoms with Gasteiger partial charge in [-0.15, -0.1) is 0 Å². The molecule has 1 aromatic carbocycles.